The maximum absolute atomic E-state index is 8.67. The number of aromatic nitrogens is 2. The molecule has 0 spiro atoms. The zero-order valence-electron chi connectivity index (χ0n) is 9.14. The van der Waals surface area contributed by atoms with Crippen molar-refractivity contribution in [2.24, 2.45) is 0 Å². The third-order valence-corrected chi connectivity index (χ3v) is 4.94. The number of aliphatic hydroxyl groups is 1. The first kappa shape index (κ1) is 12.6. The highest BCUT2D eigenvalue weighted by Gasteiger charge is 2.05. The Morgan fingerprint density at radius 3 is 3.12 bits per heavy atom. The minimum absolute atomic E-state index is 0.0992. The van der Waals surface area contributed by atoms with Crippen LogP contribution in [-0.4, -0.2) is 21.1 Å². The molecule has 3 nitrogen and oxygen atoms in total. The van der Waals surface area contributed by atoms with Crippen LogP contribution in [0.3, 0.4) is 0 Å². The molecule has 0 fully saturated rings. The molecule has 2 aromatic heterocycles. The molecular formula is C11H10N2OS3. The molecule has 0 unspecified atom stereocenters. The van der Waals surface area contributed by atoms with Crippen LogP contribution in [0.2, 0.25) is 0 Å². The molecule has 2 aromatic rings. The van der Waals surface area contributed by atoms with Gasteiger partial charge in [-0.2, -0.15) is 4.37 Å². The molecule has 0 aliphatic carbocycles. The number of aliphatic hydroxyl groups excluding tert-OH is 1. The Hall–Kier alpha value is -0.870. The topological polar surface area (TPSA) is 46.0 Å². The van der Waals surface area contributed by atoms with Gasteiger partial charge in [0, 0.05) is 16.2 Å². The van der Waals surface area contributed by atoms with Gasteiger partial charge in [-0.3, -0.25) is 0 Å². The molecule has 0 bridgehead atoms. The van der Waals surface area contributed by atoms with Gasteiger partial charge in [-0.05, 0) is 29.9 Å². The SMILES string of the molecule is Cc1nsc(SCc2sccc2C#CCO)n1. The summed E-state index contributed by atoms with van der Waals surface area (Å²) in [6, 6.07) is 1.98. The van der Waals surface area contributed by atoms with E-state index in [4.69, 9.17) is 5.11 Å². The van der Waals surface area contributed by atoms with Gasteiger partial charge in [-0.15, -0.1) is 11.3 Å². The highest BCUT2D eigenvalue weighted by atomic mass is 32.2. The molecule has 0 aromatic carbocycles. The lowest BCUT2D eigenvalue weighted by Crippen LogP contribution is -1.81. The van der Waals surface area contributed by atoms with Crippen LogP contribution in [0.1, 0.15) is 16.3 Å². The summed E-state index contributed by atoms with van der Waals surface area (Å²) in [5, 5.41) is 10.7. The molecule has 6 heteroatoms. The van der Waals surface area contributed by atoms with E-state index in [1.807, 2.05) is 18.4 Å². The first-order valence-electron chi connectivity index (χ1n) is 4.89. The number of thioether (sulfide) groups is 1. The second kappa shape index (κ2) is 6.17. The quantitative estimate of drug-likeness (QED) is 0.694. The van der Waals surface area contributed by atoms with Crippen molar-refractivity contribution < 1.29 is 5.11 Å². The van der Waals surface area contributed by atoms with E-state index in [2.05, 4.69) is 21.2 Å². The Kier molecular flexibility index (Phi) is 4.57. The zero-order chi connectivity index (χ0) is 12.1. The lowest BCUT2D eigenvalue weighted by atomic mass is 10.3. The first-order chi connectivity index (χ1) is 8.29. The number of hydrogen-bond acceptors (Lipinski definition) is 6. The minimum atomic E-state index is -0.0992. The molecule has 0 saturated carbocycles. The van der Waals surface area contributed by atoms with Crippen LogP contribution >= 0.6 is 34.6 Å². The molecule has 17 heavy (non-hydrogen) atoms. The van der Waals surface area contributed by atoms with Crippen LogP contribution in [0.15, 0.2) is 15.8 Å². The second-order valence-electron chi connectivity index (χ2n) is 3.11. The van der Waals surface area contributed by atoms with Crippen molar-refractivity contribution >= 4 is 34.6 Å². The minimum Gasteiger partial charge on any atom is -0.384 e. The molecule has 0 aliphatic rings. The number of rotatable bonds is 3. The van der Waals surface area contributed by atoms with Gasteiger partial charge in [0.2, 0.25) is 0 Å². The molecule has 0 amide bonds. The summed E-state index contributed by atoms with van der Waals surface area (Å²) in [7, 11) is 0. The van der Waals surface area contributed by atoms with Gasteiger partial charge in [0.25, 0.3) is 0 Å². The van der Waals surface area contributed by atoms with Crippen LogP contribution in [0, 0.1) is 18.8 Å². The predicted molar refractivity (Wildman–Crippen MR) is 72.5 cm³/mol. The fourth-order valence-electron chi connectivity index (χ4n) is 1.16. The van der Waals surface area contributed by atoms with E-state index in [0.29, 0.717) is 0 Å². The average molecular weight is 282 g/mol. The number of hydrogen-bond donors (Lipinski definition) is 1. The molecule has 0 radical (unpaired) electrons. The molecule has 1 N–H and O–H groups in total. The van der Waals surface area contributed by atoms with Crippen molar-refractivity contribution in [1.82, 2.24) is 9.36 Å². The van der Waals surface area contributed by atoms with Gasteiger partial charge in [0.1, 0.15) is 12.4 Å². The molecule has 2 rings (SSSR count). The fourth-order valence-corrected chi connectivity index (χ4v) is 3.76. The van der Waals surface area contributed by atoms with E-state index in [9.17, 15) is 0 Å². The average Bonchev–Trinajstić information content (AvgIpc) is 2.92. The summed E-state index contributed by atoms with van der Waals surface area (Å²) in [5.74, 6) is 7.29. The Labute approximate surface area is 112 Å². The number of thiophene rings is 1. The molecular weight excluding hydrogens is 272 g/mol. The van der Waals surface area contributed by atoms with Gasteiger partial charge in [-0.25, -0.2) is 4.98 Å². The summed E-state index contributed by atoms with van der Waals surface area (Å²) in [6.45, 7) is 1.79. The van der Waals surface area contributed by atoms with Crippen LogP contribution in [0.25, 0.3) is 0 Å². The lowest BCUT2D eigenvalue weighted by molar-refractivity contribution is 0.350. The van der Waals surface area contributed by atoms with Crippen molar-refractivity contribution in [3.8, 4) is 11.8 Å². The largest absolute Gasteiger partial charge is 0.384 e. The third-order valence-electron chi connectivity index (χ3n) is 1.88. The van der Waals surface area contributed by atoms with Crippen LogP contribution in [-0.2, 0) is 5.75 Å². The highest BCUT2D eigenvalue weighted by Crippen LogP contribution is 2.28. The molecule has 0 saturated heterocycles. The van der Waals surface area contributed by atoms with Crippen LogP contribution in [0.5, 0.6) is 0 Å². The van der Waals surface area contributed by atoms with E-state index in [1.165, 1.54) is 16.4 Å². The monoisotopic (exact) mass is 282 g/mol. The van der Waals surface area contributed by atoms with Crippen molar-refractivity contribution in [1.29, 1.82) is 0 Å². The fraction of sp³-hybridized carbons (Fsp3) is 0.273. The Morgan fingerprint density at radius 2 is 2.41 bits per heavy atom. The first-order valence-corrected chi connectivity index (χ1v) is 7.52. The Bertz CT molecular complexity index is 550. The van der Waals surface area contributed by atoms with E-state index >= 15 is 0 Å². The summed E-state index contributed by atoms with van der Waals surface area (Å²) in [6.07, 6.45) is 0. The molecule has 2 heterocycles. The van der Waals surface area contributed by atoms with Gasteiger partial charge in [0.05, 0.1) is 0 Å². The normalized spacial score (nSPS) is 10.0. The van der Waals surface area contributed by atoms with E-state index < -0.39 is 0 Å². The summed E-state index contributed by atoms with van der Waals surface area (Å²) in [4.78, 5) is 5.51. The Morgan fingerprint density at radius 1 is 1.53 bits per heavy atom. The van der Waals surface area contributed by atoms with Gasteiger partial charge >= 0.3 is 0 Å². The maximum Gasteiger partial charge on any atom is 0.170 e. The standard InChI is InChI=1S/C11H10N2OS3/c1-8-12-11(17-13-8)16-7-10-9(3-2-5-14)4-6-15-10/h4,6,14H,5,7H2,1H3. The van der Waals surface area contributed by atoms with E-state index in [0.717, 1.165) is 21.5 Å². The maximum atomic E-state index is 8.67. The predicted octanol–water partition coefficient (Wildman–Crippen LogP) is 2.54. The third kappa shape index (κ3) is 3.54. The van der Waals surface area contributed by atoms with E-state index in [-0.39, 0.29) is 6.61 Å². The molecule has 0 atom stereocenters. The lowest BCUT2D eigenvalue weighted by Gasteiger charge is -1.95. The smallest absolute Gasteiger partial charge is 0.170 e. The van der Waals surface area contributed by atoms with Crippen LogP contribution in [0.4, 0.5) is 0 Å². The van der Waals surface area contributed by atoms with Crippen molar-refractivity contribution in [2.45, 2.75) is 17.0 Å². The van der Waals surface area contributed by atoms with Gasteiger partial charge in [0.15, 0.2) is 4.34 Å². The van der Waals surface area contributed by atoms with Gasteiger partial charge in [-0.1, -0.05) is 23.6 Å². The summed E-state index contributed by atoms with van der Waals surface area (Å²) < 4.78 is 5.12. The number of aryl methyl sites for hydroxylation is 1. The van der Waals surface area contributed by atoms with E-state index in [1.54, 1.807) is 23.1 Å². The molecule has 88 valence electrons. The van der Waals surface area contributed by atoms with Crippen molar-refractivity contribution in [3.05, 3.63) is 27.7 Å². The summed E-state index contributed by atoms with van der Waals surface area (Å²) >= 11 is 4.77. The van der Waals surface area contributed by atoms with Crippen molar-refractivity contribution in [2.75, 3.05) is 6.61 Å². The summed E-state index contributed by atoms with van der Waals surface area (Å²) in [5.41, 5.74) is 0.998. The molecule has 0 aliphatic heterocycles. The number of nitrogens with zero attached hydrogens (tertiary/aromatic N) is 2. The van der Waals surface area contributed by atoms with Gasteiger partial charge < -0.3 is 5.11 Å². The van der Waals surface area contributed by atoms with Crippen molar-refractivity contribution in [3.63, 3.8) is 0 Å². The zero-order valence-corrected chi connectivity index (χ0v) is 11.6. The Balaban J connectivity index is 2.01. The highest BCUT2D eigenvalue weighted by molar-refractivity contribution is 8.00. The second-order valence-corrected chi connectivity index (χ2v) is 6.09. The van der Waals surface area contributed by atoms with Crippen LogP contribution < -0.4 is 0 Å².